The summed E-state index contributed by atoms with van der Waals surface area (Å²) in [5, 5.41) is 6.14. The van der Waals surface area contributed by atoms with E-state index in [2.05, 4.69) is 55.7 Å². The zero-order chi connectivity index (χ0) is 17.9. The van der Waals surface area contributed by atoms with Gasteiger partial charge in [-0.15, -0.1) is 0 Å². The normalized spacial score (nSPS) is 12.6. The number of thiocarbonyl (C=S) groups is 1. The zero-order valence-electron chi connectivity index (χ0n) is 14.3. The molecule has 2 rings (SSSR count). The van der Waals surface area contributed by atoms with Crippen LogP contribution in [0.1, 0.15) is 44.9 Å². The van der Waals surface area contributed by atoms with Crippen LogP contribution in [0.15, 0.2) is 42.5 Å². The zero-order valence-corrected chi connectivity index (χ0v) is 15.1. The predicted octanol–water partition coefficient (Wildman–Crippen LogP) is 5.31. The number of anilines is 1. The largest absolute Gasteiger partial charge is 0.356 e. The number of hydrogen-bond donors (Lipinski definition) is 2. The second-order valence-electron chi connectivity index (χ2n) is 6.82. The Balaban J connectivity index is 2.01. The van der Waals surface area contributed by atoms with Crippen molar-refractivity contribution >= 4 is 23.0 Å². The SMILES string of the molecule is C[C@@H](NC(=S)Nc1ccc(F)cc1F)c1ccc(C(C)(C)C)cc1. The molecule has 2 aromatic carbocycles. The summed E-state index contributed by atoms with van der Waals surface area (Å²) < 4.78 is 26.6. The fourth-order valence-electron chi connectivity index (χ4n) is 2.30. The summed E-state index contributed by atoms with van der Waals surface area (Å²) in [6.07, 6.45) is 0. The minimum atomic E-state index is -0.679. The topological polar surface area (TPSA) is 24.1 Å². The molecular weight excluding hydrogens is 326 g/mol. The van der Waals surface area contributed by atoms with E-state index < -0.39 is 11.6 Å². The highest BCUT2D eigenvalue weighted by Gasteiger charge is 2.14. The van der Waals surface area contributed by atoms with E-state index in [-0.39, 0.29) is 22.3 Å². The summed E-state index contributed by atoms with van der Waals surface area (Å²) in [7, 11) is 0. The molecule has 0 radical (unpaired) electrons. The second-order valence-corrected chi connectivity index (χ2v) is 7.22. The first-order valence-electron chi connectivity index (χ1n) is 7.80. The van der Waals surface area contributed by atoms with Crippen molar-refractivity contribution in [2.45, 2.75) is 39.2 Å². The molecule has 0 aromatic heterocycles. The molecule has 0 unspecified atom stereocenters. The molecule has 24 heavy (non-hydrogen) atoms. The molecule has 0 saturated carbocycles. The molecule has 0 aliphatic heterocycles. The number of hydrogen-bond acceptors (Lipinski definition) is 1. The highest BCUT2D eigenvalue weighted by atomic mass is 32.1. The van der Waals surface area contributed by atoms with Crippen molar-refractivity contribution < 1.29 is 8.78 Å². The molecule has 2 aromatic rings. The lowest BCUT2D eigenvalue weighted by Crippen LogP contribution is -2.31. The van der Waals surface area contributed by atoms with Crippen molar-refractivity contribution in [2.75, 3.05) is 5.32 Å². The van der Waals surface area contributed by atoms with Crippen LogP contribution in [0.4, 0.5) is 14.5 Å². The van der Waals surface area contributed by atoms with Crippen molar-refractivity contribution in [1.82, 2.24) is 5.32 Å². The van der Waals surface area contributed by atoms with Crippen LogP contribution in [-0.4, -0.2) is 5.11 Å². The Hall–Kier alpha value is -2.01. The van der Waals surface area contributed by atoms with Crippen molar-refractivity contribution in [3.05, 3.63) is 65.2 Å². The summed E-state index contributed by atoms with van der Waals surface area (Å²) in [6, 6.07) is 11.6. The Kier molecular flexibility index (Phi) is 5.54. The number of rotatable bonds is 3. The first-order valence-corrected chi connectivity index (χ1v) is 8.20. The second kappa shape index (κ2) is 7.26. The van der Waals surface area contributed by atoms with Gasteiger partial charge in [0.15, 0.2) is 5.11 Å². The maximum atomic E-state index is 13.6. The van der Waals surface area contributed by atoms with Gasteiger partial charge in [0.1, 0.15) is 11.6 Å². The highest BCUT2D eigenvalue weighted by molar-refractivity contribution is 7.80. The summed E-state index contributed by atoms with van der Waals surface area (Å²) in [6.45, 7) is 8.47. The molecule has 2 N–H and O–H groups in total. The Labute approximate surface area is 147 Å². The standard InChI is InChI=1S/C19H22F2N2S/c1-12(13-5-7-14(8-6-13)19(2,3)4)22-18(24)23-17-10-9-15(20)11-16(17)21/h5-12H,1-4H3,(H2,22,23,24)/t12-/m1/s1. The summed E-state index contributed by atoms with van der Waals surface area (Å²) in [5.74, 6) is -1.30. The van der Waals surface area contributed by atoms with Crippen LogP contribution in [0, 0.1) is 11.6 Å². The van der Waals surface area contributed by atoms with Crippen LogP contribution >= 0.6 is 12.2 Å². The van der Waals surface area contributed by atoms with Gasteiger partial charge >= 0.3 is 0 Å². The van der Waals surface area contributed by atoms with E-state index in [1.54, 1.807) is 0 Å². The summed E-state index contributed by atoms with van der Waals surface area (Å²) in [5.41, 5.74) is 2.58. The van der Waals surface area contributed by atoms with Gasteiger partial charge in [0.05, 0.1) is 11.7 Å². The predicted molar refractivity (Wildman–Crippen MR) is 99.3 cm³/mol. The van der Waals surface area contributed by atoms with Gasteiger partial charge in [0.2, 0.25) is 0 Å². The van der Waals surface area contributed by atoms with E-state index >= 15 is 0 Å². The Morgan fingerprint density at radius 3 is 2.21 bits per heavy atom. The molecule has 0 fully saturated rings. The van der Waals surface area contributed by atoms with Gasteiger partial charge in [-0.2, -0.15) is 0 Å². The Morgan fingerprint density at radius 1 is 1.04 bits per heavy atom. The van der Waals surface area contributed by atoms with Crippen LogP contribution in [0.5, 0.6) is 0 Å². The molecule has 0 aliphatic rings. The maximum Gasteiger partial charge on any atom is 0.171 e. The fourth-order valence-corrected chi connectivity index (χ4v) is 2.59. The van der Waals surface area contributed by atoms with Gasteiger partial charge < -0.3 is 10.6 Å². The van der Waals surface area contributed by atoms with Crippen LogP contribution < -0.4 is 10.6 Å². The van der Waals surface area contributed by atoms with Crippen molar-refractivity contribution in [3.8, 4) is 0 Å². The van der Waals surface area contributed by atoms with Crippen molar-refractivity contribution in [3.63, 3.8) is 0 Å². The third kappa shape index (κ3) is 4.74. The minimum Gasteiger partial charge on any atom is -0.356 e. The first kappa shape index (κ1) is 18.3. The smallest absolute Gasteiger partial charge is 0.171 e. The average Bonchev–Trinajstić information content (AvgIpc) is 2.49. The molecule has 0 spiro atoms. The van der Waals surface area contributed by atoms with Gasteiger partial charge in [0.25, 0.3) is 0 Å². The molecule has 0 saturated heterocycles. The van der Waals surface area contributed by atoms with Gasteiger partial charge in [-0.25, -0.2) is 8.78 Å². The van der Waals surface area contributed by atoms with Crippen LogP contribution in [0.2, 0.25) is 0 Å². The molecule has 128 valence electrons. The lowest BCUT2D eigenvalue weighted by molar-refractivity contribution is 0.586. The van der Waals surface area contributed by atoms with Crippen LogP contribution in [-0.2, 0) is 5.41 Å². The van der Waals surface area contributed by atoms with E-state index in [1.165, 1.54) is 17.7 Å². The van der Waals surface area contributed by atoms with E-state index in [4.69, 9.17) is 12.2 Å². The number of halogens is 2. The molecule has 2 nitrogen and oxygen atoms in total. The maximum absolute atomic E-state index is 13.6. The van der Waals surface area contributed by atoms with Crippen molar-refractivity contribution in [2.24, 2.45) is 0 Å². The lowest BCUT2D eigenvalue weighted by Gasteiger charge is -2.21. The molecule has 0 aliphatic carbocycles. The van der Waals surface area contributed by atoms with E-state index in [1.807, 2.05) is 6.92 Å². The monoisotopic (exact) mass is 348 g/mol. The fraction of sp³-hybridized carbons (Fsp3) is 0.316. The molecule has 0 amide bonds. The van der Waals surface area contributed by atoms with E-state index in [0.29, 0.717) is 0 Å². The van der Waals surface area contributed by atoms with Crippen molar-refractivity contribution in [1.29, 1.82) is 0 Å². The molecular formula is C19H22F2N2S. The summed E-state index contributed by atoms with van der Waals surface area (Å²) >= 11 is 5.21. The lowest BCUT2D eigenvalue weighted by atomic mass is 9.86. The number of nitrogens with one attached hydrogen (secondary N) is 2. The van der Waals surface area contributed by atoms with E-state index in [0.717, 1.165) is 11.6 Å². The van der Waals surface area contributed by atoms with Crippen LogP contribution in [0.3, 0.4) is 0 Å². The first-order chi connectivity index (χ1) is 11.2. The van der Waals surface area contributed by atoms with Gasteiger partial charge in [-0.3, -0.25) is 0 Å². The quantitative estimate of drug-likeness (QED) is 0.735. The Bertz CT molecular complexity index is 721. The molecule has 0 bridgehead atoms. The third-order valence-corrected chi connectivity index (χ3v) is 4.02. The summed E-state index contributed by atoms with van der Waals surface area (Å²) in [4.78, 5) is 0. The number of benzene rings is 2. The van der Waals surface area contributed by atoms with E-state index in [9.17, 15) is 8.78 Å². The molecule has 5 heteroatoms. The molecule has 1 atom stereocenters. The van der Waals surface area contributed by atoms with Crippen LogP contribution in [0.25, 0.3) is 0 Å². The third-order valence-electron chi connectivity index (χ3n) is 3.80. The van der Waals surface area contributed by atoms with Gasteiger partial charge in [-0.05, 0) is 47.8 Å². The highest BCUT2D eigenvalue weighted by Crippen LogP contribution is 2.24. The minimum absolute atomic E-state index is 0.0393. The van der Waals surface area contributed by atoms with Gasteiger partial charge in [0, 0.05) is 6.07 Å². The molecule has 0 heterocycles. The van der Waals surface area contributed by atoms with Gasteiger partial charge in [-0.1, -0.05) is 45.0 Å². The average molecular weight is 348 g/mol. The Morgan fingerprint density at radius 2 is 1.67 bits per heavy atom.